The van der Waals surface area contributed by atoms with E-state index in [9.17, 15) is 18.0 Å². The van der Waals surface area contributed by atoms with Crippen LogP contribution in [-0.2, 0) is 0 Å². The molecule has 1 aliphatic rings. The largest absolute Gasteiger partial charge is 0.408 e. The number of carbonyl (C=O) groups excluding carboxylic acids is 1. The Bertz CT molecular complexity index is 651. The summed E-state index contributed by atoms with van der Waals surface area (Å²) in [5.41, 5.74) is 0. The van der Waals surface area contributed by atoms with Crippen molar-refractivity contribution in [3.63, 3.8) is 0 Å². The van der Waals surface area contributed by atoms with Crippen molar-refractivity contribution in [2.45, 2.75) is 37.9 Å². The summed E-state index contributed by atoms with van der Waals surface area (Å²) in [5.74, 6) is -0.867. The minimum Gasteiger partial charge on any atom is -0.324 e. The van der Waals surface area contributed by atoms with Crippen LogP contribution in [0.2, 0.25) is 0 Å². The number of aromatic nitrogens is 4. The Morgan fingerprint density at radius 1 is 1.27 bits per heavy atom. The van der Waals surface area contributed by atoms with Gasteiger partial charge in [0.15, 0.2) is 0 Å². The highest BCUT2D eigenvalue weighted by Crippen LogP contribution is 2.31. The molecule has 118 valence electrons. The molecule has 0 spiro atoms. The van der Waals surface area contributed by atoms with Gasteiger partial charge >= 0.3 is 6.18 Å². The summed E-state index contributed by atoms with van der Waals surface area (Å²) >= 11 is 0. The van der Waals surface area contributed by atoms with Gasteiger partial charge in [0.2, 0.25) is 5.82 Å². The molecule has 1 aliphatic heterocycles. The zero-order valence-electron chi connectivity index (χ0n) is 11.6. The van der Waals surface area contributed by atoms with E-state index in [0.717, 1.165) is 4.90 Å². The first kappa shape index (κ1) is 14.7. The molecule has 1 fully saturated rings. The van der Waals surface area contributed by atoms with E-state index in [1.54, 1.807) is 6.07 Å². The molecule has 2 aromatic heterocycles. The van der Waals surface area contributed by atoms with Crippen molar-refractivity contribution in [2.75, 3.05) is 6.54 Å². The minimum absolute atomic E-state index is 0.0615. The quantitative estimate of drug-likeness (QED) is 0.808. The Morgan fingerprint density at radius 3 is 2.82 bits per heavy atom. The fraction of sp³-hybridized carbons (Fsp3) is 0.538. The second kappa shape index (κ2) is 5.54. The number of alkyl halides is 3. The Kier molecular flexibility index (Phi) is 3.71. The Hall–Kier alpha value is -2.19. The van der Waals surface area contributed by atoms with E-state index in [-0.39, 0.29) is 24.6 Å². The van der Waals surface area contributed by atoms with Crippen molar-refractivity contribution in [2.24, 2.45) is 0 Å². The predicted molar refractivity (Wildman–Crippen MR) is 70.1 cm³/mol. The summed E-state index contributed by atoms with van der Waals surface area (Å²) in [4.78, 5) is 21.1. The standard InChI is InChI=1S/C13H14F3N5O/c14-13(15,16)9-5-2-1-3-7-20(9)11(22)10-18-12-17-6-4-8-21(12)19-10/h4,6,8-9H,1-3,5,7H2/t9-/m0/s1. The molecule has 0 radical (unpaired) electrons. The summed E-state index contributed by atoms with van der Waals surface area (Å²) in [7, 11) is 0. The molecule has 22 heavy (non-hydrogen) atoms. The van der Waals surface area contributed by atoms with Gasteiger partial charge in [-0.1, -0.05) is 12.8 Å². The van der Waals surface area contributed by atoms with Crippen LogP contribution in [0.4, 0.5) is 13.2 Å². The summed E-state index contributed by atoms with van der Waals surface area (Å²) in [6, 6.07) is -0.178. The van der Waals surface area contributed by atoms with E-state index in [1.165, 1.54) is 16.9 Å². The van der Waals surface area contributed by atoms with Gasteiger partial charge in [0, 0.05) is 18.9 Å². The molecule has 3 heterocycles. The second-order valence-electron chi connectivity index (χ2n) is 5.20. The number of fused-ring (bicyclic) bond motifs is 1. The summed E-state index contributed by atoms with van der Waals surface area (Å²) in [5, 5.41) is 3.92. The van der Waals surface area contributed by atoms with Gasteiger partial charge < -0.3 is 4.90 Å². The first-order valence-corrected chi connectivity index (χ1v) is 7.02. The van der Waals surface area contributed by atoms with Crippen LogP contribution in [0.25, 0.3) is 5.78 Å². The van der Waals surface area contributed by atoms with Gasteiger partial charge in [0.1, 0.15) is 6.04 Å². The van der Waals surface area contributed by atoms with Crippen molar-refractivity contribution in [3.8, 4) is 0 Å². The minimum atomic E-state index is -4.45. The average Bonchev–Trinajstić information content (AvgIpc) is 2.73. The predicted octanol–water partition coefficient (Wildman–Crippen LogP) is 2.07. The van der Waals surface area contributed by atoms with Crippen molar-refractivity contribution in [1.82, 2.24) is 24.5 Å². The average molecular weight is 313 g/mol. The second-order valence-corrected chi connectivity index (χ2v) is 5.20. The third-order valence-corrected chi connectivity index (χ3v) is 3.70. The number of carbonyl (C=O) groups is 1. The number of hydrogen-bond donors (Lipinski definition) is 0. The molecule has 2 aromatic rings. The molecule has 0 N–H and O–H groups in total. The van der Waals surface area contributed by atoms with Gasteiger partial charge in [0.05, 0.1) is 0 Å². The lowest BCUT2D eigenvalue weighted by molar-refractivity contribution is -0.177. The van der Waals surface area contributed by atoms with Gasteiger partial charge in [-0.25, -0.2) is 9.50 Å². The summed E-state index contributed by atoms with van der Waals surface area (Å²) in [6.45, 7) is 0.0615. The number of amides is 1. The first-order chi connectivity index (χ1) is 10.5. The van der Waals surface area contributed by atoms with Crippen molar-refractivity contribution < 1.29 is 18.0 Å². The number of likely N-dealkylation sites (tertiary alicyclic amines) is 1. The molecule has 0 aromatic carbocycles. The van der Waals surface area contributed by atoms with Crippen molar-refractivity contribution in [3.05, 3.63) is 24.3 Å². The van der Waals surface area contributed by atoms with Crippen molar-refractivity contribution >= 4 is 11.7 Å². The van der Waals surface area contributed by atoms with E-state index >= 15 is 0 Å². The summed E-state index contributed by atoms with van der Waals surface area (Å²) < 4.78 is 40.9. The van der Waals surface area contributed by atoms with E-state index in [0.29, 0.717) is 19.3 Å². The molecule has 1 amide bonds. The smallest absolute Gasteiger partial charge is 0.324 e. The monoisotopic (exact) mass is 313 g/mol. The first-order valence-electron chi connectivity index (χ1n) is 7.02. The van der Waals surface area contributed by atoms with Crippen LogP contribution < -0.4 is 0 Å². The fourth-order valence-electron chi connectivity index (χ4n) is 2.64. The topological polar surface area (TPSA) is 63.4 Å². The maximum atomic E-state index is 13.2. The molecule has 0 bridgehead atoms. The van der Waals surface area contributed by atoms with Gasteiger partial charge in [0.25, 0.3) is 11.7 Å². The van der Waals surface area contributed by atoms with E-state index < -0.39 is 18.1 Å². The highest BCUT2D eigenvalue weighted by molar-refractivity contribution is 5.91. The molecule has 3 rings (SSSR count). The van der Waals surface area contributed by atoms with Crippen LogP contribution in [-0.4, -0.2) is 49.2 Å². The number of hydrogen-bond acceptors (Lipinski definition) is 4. The van der Waals surface area contributed by atoms with Crippen LogP contribution in [0.15, 0.2) is 18.5 Å². The van der Waals surface area contributed by atoms with Crippen LogP contribution in [0.3, 0.4) is 0 Å². The fourth-order valence-corrected chi connectivity index (χ4v) is 2.64. The highest BCUT2D eigenvalue weighted by atomic mass is 19.4. The molecule has 6 nitrogen and oxygen atoms in total. The van der Waals surface area contributed by atoms with E-state index in [2.05, 4.69) is 15.1 Å². The van der Waals surface area contributed by atoms with Gasteiger partial charge in [-0.15, -0.1) is 5.10 Å². The maximum absolute atomic E-state index is 13.2. The molecule has 0 saturated carbocycles. The molecule has 0 aliphatic carbocycles. The maximum Gasteiger partial charge on any atom is 0.408 e. The lowest BCUT2D eigenvalue weighted by Gasteiger charge is -2.30. The zero-order chi connectivity index (χ0) is 15.7. The van der Waals surface area contributed by atoms with Gasteiger partial charge in [-0.3, -0.25) is 4.79 Å². The third-order valence-electron chi connectivity index (χ3n) is 3.70. The van der Waals surface area contributed by atoms with Crippen LogP contribution >= 0.6 is 0 Å². The molecule has 9 heteroatoms. The Morgan fingerprint density at radius 2 is 2.09 bits per heavy atom. The van der Waals surface area contributed by atoms with Crippen LogP contribution in [0.1, 0.15) is 36.3 Å². The van der Waals surface area contributed by atoms with E-state index in [1.807, 2.05) is 0 Å². The normalized spacial score (nSPS) is 20.1. The van der Waals surface area contributed by atoms with Gasteiger partial charge in [-0.05, 0) is 18.9 Å². The summed E-state index contributed by atoms with van der Waals surface area (Å²) in [6.07, 6.45) is 0.158. The number of halogens is 3. The third kappa shape index (κ3) is 2.75. The lowest BCUT2D eigenvalue weighted by atomic mass is 10.1. The Labute approximate surface area is 124 Å². The number of nitrogens with zero attached hydrogens (tertiary/aromatic N) is 5. The molecular weight excluding hydrogens is 299 g/mol. The van der Waals surface area contributed by atoms with Crippen molar-refractivity contribution in [1.29, 1.82) is 0 Å². The van der Waals surface area contributed by atoms with E-state index in [4.69, 9.17) is 0 Å². The molecule has 0 unspecified atom stereocenters. The number of rotatable bonds is 1. The highest BCUT2D eigenvalue weighted by Gasteiger charge is 2.46. The van der Waals surface area contributed by atoms with Crippen LogP contribution in [0.5, 0.6) is 0 Å². The zero-order valence-corrected chi connectivity index (χ0v) is 11.6. The Balaban J connectivity index is 1.93. The molecule has 1 atom stereocenters. The lowest BCUT2D eigenvalue weighted by Crippen LogP contribution is -2.48. The molecule has 1 saturated heterocycles. The molecular formula is C13H14F3N5O. The van der Waals surface area contributed by atoms with Crippen LogP contribution in [0, 0.1) is 0 Å². The SMILES string of the molecule is O=C(c1nc2ncccn2n1)N1CCCCC[C@H]1C(F)(F)F. The van der Waals surface area contributed by atoms with Gasteiger partial charge in [-0.2, -0.15) is 18.2 Å².